The van der Waals surface area contributed by atoms with Gasteiger partial charge in [-0.25, -0.2) is 8.42 Å². The van der Waals surface area contributed by atoms with Gasteiger partial charge in [-0.3, -0.25) is 4.79 Å². The highest BCUT2D eigenvalue weighted by atomic mass is 35.5. The molecule has 0 spiro atoms. The maximum Gasteiger partial charge on any atom is 0.237 e. The van der Waals surface area contributed by atoms with Gasteiger partial charge in [0.2, 0.25) is 5.91 Å². The number of halogens is 1. The Hall–Kier alpha value is -0.290. The van der Waals surface area contributed by atoms with Crippen molar-refractivity contribution in [3.8, 4) is 0 Å². The number of carbonyl (C=O) groups excluding carboxylic acids is 1. The Bertz CT molecular complexity index is 300. The number of alkyl halides is 1. The lowest BCUT2D eigenvalue weighted by atomic mass is 10.3. The van der Waals surface area contributed by atoms with Crippen molar-refractivity contribution in [3.63, 3.8) is 0 Å². The first kappa shape index (κ1) is 14.7. The second kappa shape index (κ2) is 6.33. The van der Waals surface area contributed by atoms with E-state index >= 15 is 0 Å². The topological polar surface area (TPSA) is 54.5 Å². The molecule has 0 aliphatic carbocycles. The highest BCUT2D eigenvalue weighted by Crippen LogP contribution is 2.03. The minimum atomic E-state index is -3.25. The van der Waals surface area contributed by atoms with Gasteiger partial charge in [-0.05, 0) is 20.3 Å². The van der Waals surface area contributed by atoms with E-state index in [-0.39, 0.29) is 11.9 Å². The zero-order valence-corrected chi connectivity index (χ0v) is 10.9. The minimum Gasteiger partial charge on any atom is -0.339 e. The molecule has 0 fully saturated rings. The molecule has 0 radical (unpaired) electrons. The molecule has 0 saturated heterocycles. The fourth-order valence-electron chi connectivity index (χ4n) is 1.21. The molecule has 90 valence electrons. The maximum atomic E-state index is 11.6. The molecule has 0 unspecified atom stereocenters. The number of amides is 1. The van der Waals surface area contributed by atoms with Crippen LogP contribution >= 0.6 is 11.6 Å². The van der Waals surface area contributed by atoms with Crippen LogP contribution in [0, 0.1) is 0 Å². The molecule has 0 aromatic rings. The van der Waals surface area contributed by atoms with Crippen LogP contribution in [-0.2, 0) is 14.6 Å². The van der Waals surface area contributed by atoms with Gasteiger partial charge in [0.1, 0.15) is 5.75 Å². The lowest BCUT2D eigenvalue weighted by Crippen LogP contribution is -2.41. The van der Waals surface area contributed by atoms with Crippen molar-refractivity contribution in [2.24, 2.45) is 0 Å². The van der Waals surface area contributed by atoms with Crippen LogP contribution in [0.4, 0.5) is 0 Å². The summed E-state index contributed by atoms with van der Waals surface area (Å²) in [6, 6.07) is 0.00228. The molecule has 0 saturated carbocycles. The van der Waals surface area contributed by atoms with Crippen molar-refractivity contribution >= 4 is 27.3 Å². The molecule has 0 aliphatic rings. The van der Waals surface area contributed by atoms with E-state index < -0.39 is 15.6 Å². The largest absolute Gasteiger partial charge is 0.339 e. The SMILES string of the molecule is CC(C)N(CCCCl)C(=O)CS(C)(=O)=O. The fraction of sp³-hybridized carbons (Fsp3) is 0.889. The molecular weight excluding hydrogens is 238 g/mol. The van der Waals surface area contributed by atoms with E-state index in [4.69, 9.17) is 11.6 Å². The quantitative estimate of drug-likeness (QED) is 0.663. The van der Waals surface area contributed by atoms with Crippen LogP contribution in [0.15, 0.2) is 0 Å². The average Bonchev–Trinajstić information content (AvgIpc) is 2.00. The second-order valence-corrected chi connectivity index (χ2v) is 6.31. The Kier molecular flexibility index (Phi) is 6.20. The minimum absolute atomic E-state index is 0.00228. The van der Waals surface area contributed by atoms with Crippen LogP contribution in [-0.4, -0.2) is 49.7 Å². The van der Waals surface area contributed by atoms with Crippen LogP contribution in [0.25, 0.3) is 0 Å². The maximum absolute atomic E-state index is 11.6. The summed E-state index contributed by atoms with van der Waals surface area (Å²) in [5.74, 6) is -0.305. The Morgan fingerprint density at radius 2 is 1.93 bits per heavy atom. The van der Waals surface area contributed by atoms with Crippen LogP contribution in [0.1, 0.15) is 20.3 Å². The molecule has 0 atom stereocenters. The summed E-state index contributed by atoms with van der Waals surface area (Å²) in [7, 11) is -3.25. The smallest absolute Gasteiger partial charge is 0.237 e. The highest BCUT2D eigenvalue weighted by molar-refractivity contribution is 7.91. The van der Waals surface area contributed by atoms with Crippen LogP contribution in [0.5, 0.6) is 0 Å². The summed E-state index contributed by atoms with van der Waals surface area (Å²) >= 11 is 5.53. The van der Waals surface area contributed by atoms with Gasteiger partial charge in [-0.15, -0.1) is 11.6 Å². The molecule has 0 aromatic heterocycles. The third kappa shape index (κ3) is 6.73. The molecular formula is C9H18ClNO3S. The average molecular weight is 256 g/mol. The summed E-state index contributed by atoms with van der Waals surface area (Å²) in [4.78, 5) is 13.2. The van der Waals surface area contributed by atoms with Gasteiger partial charge in [0.25, 0.3) is 0 Å². The molecule has 0 aromatic carbocycles. The molecule has 6 heteroatoms. The lowest BCUT2D eigenvalue weighted by Gasteiger charge is -2.26. The summed E-state index contributed by atoms with van der Waals surface area (Å²) in [6.07, 6.45) is 1.74. The number of hydrogen-bond donors (Lipinski definition) is 0. The monoisotopic (exact) mass is 255 g/mol. The number of nitrogens with zero attached hydrogens (tertiary/aromatic N) is 1. The summed E-state index contributed by atoms with van der Waals surface area (Å²) in [5.41, 5.74) is 0. The van der Waals surface area contributed by atoms with Gasteiger partial charge in [0.05, 0.1) is 0 Å². The third-order valence-corrected chi connectivity index (χ3v) is 2.90. The summed E-state index contributed by atoms with van der Waals surface area (Å²) in [6.45, 7) is 4.22. The van der Waals surface area contributed by atoms with Crippen molar-refractivity contribution in [2.75, 3.05) is 24.4 Å². The van der Waals surface area contributed by atoms with E-state index in [2.05, 4.69) is 0 Å². The first-order valence-electron chi connectivity index (χ1n) is 4.81. The van der Waals surface area contributed by atoms with Gasteiger partial charge in [0, 0.05) is 24.7 Å². The van der Waals surface area contributed by atoms with Crippen molar-refractivity contribution in [1.29, 1.82) is 0 Å². The van der Waals surface area contributed by atoms with Crippen LogP contribution in [0.2, 0.25) is 0 Å². The van der Waals surface area contributed by atoms with E-state index in [1.165, 1.54) is 0 Å². The summed E-state index contributed by atoms with van der Waals surface area (Å²) < 4.78 is 21.9. The Morgan fingerprint density at radius 3 is 2.27 bits per heavy atom. The summed E-state index contributed by atoms with van der Waals surface area (Å²) in [5, 5.41) is 0. The van der Waals surface area contributed by atoms with Gasteiger partial charge >= 0.3 is 0 Å². The number of hydrogen-bond acceptors (Lipinski definition) is 3. The highest BCUT2D eigenvalue weighted by Gasteiger charge is 2.20. The Balaban J connectivity index is 4.43. The van der Waals surface area contributed by atoms with E-state index in [1.807, 2.05) is 13.8 Å². The van der Waals surface area contributed by atoms with E-state index in [0.29, 0.717) is 18.8 Å². The number of carbonyl (C=O) groups is 1. The van der Waals surface area contributed by atoms with E-state index in [1.54, 1.807) is 4.90 Å². The van der Waals surface area contributed by atoms with Gasteiger partial charge < -0.3 is 4.90 Å². The first-order valence-corrected chi connectivity index (χ1v) is 7.40. The van der Waals surface area contributed by atoms with Crippen molar-refractivity contribution in [3.05, 3.63) is 0 Å². The third-order valence-electron chi connectivity index (χ3n) is 1.86. The predicted molar refractivity (Wildman–Crippen MR) is 61.9 cm³/mol. The van der Waals surface area contributed by atoms with Crippen LogP contribution < -0.4 is 0 Å². The van der Waals surface area contributed by atoms with Gasteiger partial charge in [-0.1, -0.05) is 0 Å². The Morgan fingerprint density at radius 1 is 1.40 bits per heavy atom. The normalized spacial score (nSPS) is 11.8. The van der Waals surface area contributed by atoms with Crippen molar-refractivity contribution in [2.45, 2.75) is 26.3 Å². The molecule has 0 bridgehead atoms. The van der Waals surface area contributed by atoms with Crippen LogP contribution in [0.3, 0.4) is 0 Å². The molecule has 4 nitrogen and oxygen atoms in total. The fourth-order valence-corrected chi connectivity index (χ4v) is 1.94. The van der Waals surface area contributed by atoms with Crippen molar-refractivity contribution < 1.29 is 13.2 Å². The number of sulfone groups is 1. The molecule has 0 heterocycles. The second-order valence-electron chi connectivity index (χ2n) is 3.79. The standard InChI is InChI=1S/C9H18ClNO3S/c1-8(2)11(6-4-5-10)9(12)7-15(3,13)14/h8H,4-7H2,1-3H3. The molecule has 15 heavy (non-hydrogen) atoms. The van der Waals surface area contributed by atoms with E-state index in [9.17, 15) is 13.2 Å². The van der Waals surface area contributed by atoms with Crippen molar-refractivity contribution in [1.82, 2.24) is 4.90 Å². The van der Waals surface area contributed by atoms with E-state index in [0.717, 1.165) is 6.26 Å². The Labute approximate surface area is 96.5 Å². The van der Waals surface area contributed by atoms with Gasteiger partial charge in [-0.2, -0.15) is 0 Å². The molecule has 0 aliphatic heterocycles. The molecule has 0 rings (SSSR count). The zero-order chi connectivity index (χ0) is 12.1. The molecule has 1 amide bonds. The number of rotatable bonds is 6. The lowest BCUT2D eigenvalue weighted by molar-refractivity contribution is -0.130. The first-order chi connectivity index (χ1) is 6.78. The zero-order valence-electron chi connectivity index (χ0n) is 9.36. The molecule has 0 N–H and O–H groups in total. The van der Waals surface area contributed by atoms with Gasteiger partial charge in [0.15, 0.2) is 9.84 Å². The predicted octanol–water partition coefficient (Wildman–Crippen LogP) is 0.897.